The first-order valence-electron chi connectivity index (χ1n) is 8.21. The van der Waals surface area contributed by atoms with Crippen molar-refractivity contribution in [1.82, 2.24) is 14.9 Å². The number of ether oxygens (including phenoxy) is 1. The van der Waals surface area contributed by atoms with Gasteiger partial charge in [-0.15, -0.1) is 10.2 Å². The van der Waals surface area contributed by atoms with Crippen LogP contribution in [0.5, 0.6) is 5.75 Å². The van der Waals surface area contributed by atoms with E-state index in [1.165, 1.54) is 0 Å². The number of amides is 1. The fourth-order valence-corrected chi connectivity index (χ4v) is 4.18. The minimum absolute atomic E-state index is 0.0942. The summed E-state index contributed by atoms with van der Waals surface area (Å²) in [5.41, 5.74) is 2.24. The minimum atomic E-state index is -3.85. The first kappa shape index (κ1) is 19.9. The molecular weight excluding hydrogens is 400 g/mol. The number of carbonyl (C=O) groups is 1. The Morgan fingerprint density at radius 1 is 1.07 bits per heavy atom. The third-order valence-electron chi connectivity index (χ3n) is 3.80. The summed E-state index contributed by atoms with van der Waals surface area (Å²) >= 11 is 0.783. The monoisotopic (exact) mass is 418 g/mol. The highest BCUT2D eigenvalue weighted by Gasteiger charge is 2.21. The van der Waals surface area contributed by atoms with Crippen molar-refractivity contribution in [3.63, 3.8) is 0 Å². The van der Waals surface area contributed by atoms with Crippen LogP contribution in [0.1, 0.15) is 21.5 Å². The molecule has 1 heterocycles. The molecule has 10 heteroatoms. The standard InChI is InChI=1S/C18H18N4O4S2/c1-12-3-7-14(8-4-12)16(23)20-17-21-22-18(27-17)28(24,25)19-11-13-5-9-15(26-2)10-6-13/h3-10,19H,11H2,1-2H3,(H,20,21,23). The first-order valence-corrected chi connectivity index (χ1v) is 10.5. The molecule has 8 nitrogen and oxygen atoms in total. The van der Waals surface area contributed by atoms with Crippen LogP contribution < -0.4 is 14.8 Å². The number of carbonyl (C=O) groups excluding carboxylic acids is 1. The SMILES string of the molecule is COc1ccc(CNS(=O)(=O)c2nnc(NC(=O)c3ccc(C)cc3)s2)cc1. The Labute approximate surface area is 166 Å². The Kier molecular flexibility index (Phi) is 6.02. The zero-order chi connectivity index (χ0) is 20.1. The van der Waals surface area contributed by atoms with Crippen LogP contribution >= 0.6 is 11.3 Å². The number of aryl methyl sites for hydroxylation is 1. The third-order valence-corrected chi connectivity index (χ3v) is 6.40. The van der Waals surface area contributed by atoms with Gasteiger partial charge in [0.05, 0.1) is 7.11 Å². The number of sulfonamides is 1. The normalized spacial score (nSPS) is 11.2. The maximum atomic E-state index is 12.4. The van der Waals surface area contributed by atoms with E-state index in [0.29, 0.717) is 11.3 Å². The highest BCUT2D eigenvalue weighted by Crippen LogP contribution is 2.21. The molecule has 0 spiro atoms. The largest absolute Gasteiger partial charge is 0.497 e. The van der Waals surface area contributed by atoms with Gasteiger partial charge in [0.1, 0.15) is 5.75 Å². The Morgan fingerprint density at radius 3 is 2.39 bits per heavy atom. The molecule has 2 aromatic carbocycles. The second kappa shape index (κ2) is 8.46. The smallest absolute Gasteiger partial charge is 0.270 e. The van der Waals surface area contributed by atoms with E-state index in [1.807, 2.05) is 19.1 Å². The van der Waals surface area contributed by atoms with Crippen molar-refractivity contribution < 1.29 is 17.9 Å². The highest BCUT2D eigenvalue weighted by molar-refractivity contribution is 7.91. The molecule has 0 atom stereocenters. The van der Waals surface area contributed by atoms with E-state index in [0.717, 1.165) is 22.5 Å². The van der Waals surface area contributed by atoms with Crippen molar-refractivity contribution >= 4 is 32.4 Å². The lowest BCUT2D eigenvalue weighted by molar-refractivity contribution is 0.102. The van der Waals surface area contributed by atoms with Crippen molar-refractivity contribution in [2.24, 2.45) is 0 Å². The average Bonchev–Trinajstić information content (AvgIpc) is 3.17. The number of benzene rings is 2. The Bertz CT molecular complexity index is 1060. The van der Waals surface area contributed by atoms with Gasteiger partial charge in [-0.3, -0.25) is 10.1 Å². The summed E-state index contributed by atoms with van der Waals surface area (Å²) in [6, 6.07) is 14.0. The molecular formula is C18H18N4O4S2. The van der Waals surface area contributed by atoms with E-state index in [2.05, 4.69) is 20.2 Å². The molecule has 1 amide bonds. The lowest BCUT2D eigenvalue weighted by Gasteiger charge is -2.05. The van der Waals surface area contributed by atoms with Crippen molar-refractivity contribution in [1.29, 1.82) is 0 Å². The van der Waals surface area contributed by atoms with E-state index in [4.69, 9.17) is 4.74 Å². The van der Waals surface area contributed by atoms with E-state index >= 15 is 0 Å². The van der Waals surface area contributed by atoms with E-state index in [1.54, 1.807) is 43.5 Å². The van der Waals surface area contributed by atoms with Crippen LogP contribution in [-0.4, -0.2) is 31.6 Å². The summed E-state index contributed by atoms with van der Waals surface area (Å²) in [7, 11) is -2.29. The van der Waals surface area contributed by atoms with Gasteiger partial charge < -0.3 is 4.74 Å². The van der Waals surface area contributed by atoms with Crippen LogP contribution in [0, 0.1) is 6.92 Å². The number of rotatable bonds is 7. The lowest BCUT2D eigenvalue weighted by atomic mass is 10.1. The van der Waals surface area contributed by atoms with E-state index in [-0.39, 0.29) is 21.9 Å². The second-order valence-corrected chi connectivity index (χ2v) is 8.78. The average molecular weight is 419 g/mol. The van der Waals surface area contributed by atoms with Crippen molar-refractivity contribution in [2.75, 3.05) is 12.4 Å². The number of nitrogens with zero attached hydrogens (tertiary/aromatic N) is 2. The quantitative estimate of drug-likeness (QED) is 0.571. The van der Waals surface area contributed by atoms with Gasteiger partial charge >= 0.3 is 0 Å². The minimum Gasteiger partial charge on any atom is -0.497 e. The lowest BCUT2D eigenvalue weighted by Crippen LogP contribution is -2.23. The van der Waals surface area contributed by atoms with Crippen LogP contribution in [-0.2, 0) is 16.6 Å². The zero-order valence-corrected chi connectivity index (χ0v) is 16.8. The number of hydrogen-bond donors (Lipinski definition) is 2. The van der Waals surface area contributed by atoms with Crippen molar-refractivity contribution in [3.05, 3.63) is 65.2 Å². The van der Waals surface area contributed by atoms with Crippen molar-refractivity contribution in [2.45, 2.75) is 17.8 Å². The molecule has 0 aliphatic carbocycles. The molecule has 0 bridgehead atoms. The van der Waals surface area contributed by atoms with Crippen LogP contribution in [0.25, 0.3) is 0 Å². The molecule has 0 fully saturated rings. The van der Waals surface area contributed by atoms with E-state index < -0.39 is 10.0 Å². The van der Waals surface area contributed by atoms with Gasteiger partial charge in [-0.25, -0.2) is 13.1 Å². The van der Waals surface area contributed by atoms with Crippen LogP contribution in [0.15, 0.2) is 52.9 Å². The number of anilines is 1. The maximum absolute atomic E-state index is 12.4. The Morgan fingerprint density at radius 2 is 1.75 bits per heavy atom. The fraction of sp³-hybridized carbons (Fsp3) is 0.167. The summed E-state index contributed by atoms with van der Waals surface area (Å²) in [6.45, 7) is 2.01. The first-order chi connectivity index (χ1) is 13.4. The molecule has 0 saturated heterocycles. The summed E-state index contributed by atoms with van der Waals surface area (Å²) in [5, 5.41) is 10.1. The molecule has 0 aliphatic rings. The molecule has 146 valence electrons. The van der Waals surface area contributed by atoms with Gasteiger partial charge in [-0.05, 0) is 36.8 Å². The van der Waals surface area contributed by atoms with Gasteiger partial charge in [-0.2, -0.15) is 0 Å². The molecule has 0 unspecified atom stereocenters. The molecule has 0 radical (unpaired) electrons. The Hall–Kier alpha value is -2.82. The van der Waals surface area contributed by atoms with Crippen molar-refractivity contribution in [3.8, 4) is 5.75 Å². The number of hydrogen-bond acceptors (Lipinski definition) is 7. The molecule has 3 rings (SSSR count). The van der Waals surface area contributed by atoms with Crippen LogP contribution in [0.4, 0.5) is 5.13 Å². The fourth-order valence-electron chi connectivity index (χ4n) is 2.23. The number of nitrogens with one attached hydrogen (secondary N) is 2. The van der Waals surface area contributed by atoms with Gasteiger partial charge in [0.25, 0.3) is 15.9 Å². The summed E-state index contributed by atoms with van der Waals surface area (Å²) < 4.78 is 32.1. The molecule has 3 aromatic rings. The predicted octanol–water partition coefficient (Wildman–Crippen LogP) is 2.59. The number of methoxy groups -OCH3 is 1. The van der Waals surface area contributed by atoms with Gasteiger partial charge in [0.2, 0.25) is 9.47 Å². The van der Waals surface area contributed by atoms with Gasteiger partial charge in [-0.1, -0.05) is 41.2 Å². The summed E-state index contributed by atoms with van der Waals surface area (Å²) in [6.07, 6.45) is 0. The molecule has 0 aliphatic heterocycles. The van der Waals surface area contributed by atoms with E-state index in [9.17, 15) is 13.2 Å². The maximum Gasteiger partial charge on any atom is 0.270 e. The molecule has 0 saturated carbocycles. The summed E-state index contributed by atoms with van der Waals surface area (Å²) in [5.74, 6) is 0.302. The zero-order valence-electron chi connectivity index (χ0n) is 15.2. The van der Waals surface area contributed by atoms with Crippen LogP contribution in [0.3, 0.4) is 0 Å². The number of aromatic nitrogens is 2. The molecule has 28 heavy (non-hydrogen) atoms. The predicted molar refractivity (Wildman–Crippen MR) is 106 cm³/mol. The highest BCUT2D eigenvalue weighted by atomic mass is 32.2. The second-order valence-electron chi connectivity index (χ2n) is 5.87. The Balaban J connectivity index is 1.64. The third kappa shape index (κ3) is 4.91. The molecule has 2 N–H and O–H groups in total. The van der Waals surface area contributed by atoms with Gasteiger partial charge in [0.15, 0.2) is 0 Å². The van der Waals surface area contributed by atoms with Crippen LogP contribution in [0.2, 0.25) is 0 Å². The topological polar surface area (TPSA) is 110 Å². The molecule has 1 aromatic heterocycles. The van der Waals surface area contributed by atoms with Gasteiger partial charge in [0, 0.05) is 12.1 Å². The summed E-state index contributed by atoms with van der Waals surface area (Å²) in [4.78, 5) is 12.2.